The summed E-state index contributed by atoms with van der Waals surface area (Å²) in [5.74, 6) is 0. The molecule has 18 heavy (non-hydrogen) atoms. The molecule has 1 fully saturated rings. The summed E-state index contributed by atoms with van der Waals surface area (Å²) in [6, 6.07) is 4.88. The van der Waals surface area contributed by atoms with Gasteiger partial charge in [0.25, 0.3) is 0 Å². The van der Waals surface area contributed by atoms with Gasteiger partial charge in [-0.05, 0) is 37.1 Å². The first-order chi connectivity index (χ1) is 8.68. The van der Waals surface area contributed by atoms with Crippen LogP contribution in [0.15, 0.2) is 24.5 Å². The second-order valence-corrected chi connectivity index (χ2v) is 5.90. The average molecular weight is 247 g/mol. The van der Waals surface area contributed by atoms with Crippen LogP contribution in [0, 0.1) is 0 Å². The minimum Gasteiger partial charge on any atom is -0.314 e. The van der Waals surface area contributed by atoms with Crippen LogP contribution in [-0.4, -0.2) is 30.7 Å². The summed E-state index contributed by atoms with van der Waals surface area (Å²) in [5, 5.41) is 7.18. The maximum Gasteiger partial charge on any atom is 0.0270 e. The van der Waals surface area contributed by atoms with Crippen molar-refractivity contribution in [2.75, 3.05) is 19.6 Å². The third kappa shape index (κ3) is 3.79. The summed E-state index contributed by atoms with van der Waals surface area (Å²) in [4.78, 5) is 4.08. The first kappa shape index (κ1) is 13.5. The molecule has 0 amide bonds. The van der Waals surface area contributed by atoms with Crippen LogP contribution in [-0.2, 0) is 5.41 Å². The summed E-state index contributed by atoms with van der Waals surface area (Å²) in [5.41, 5.74) is 1.51. The van der Waals surface area contributed by atoms with E-state index in [1.54, 1.807) is 0 Å². The Bertz CT molecular complexity index is 342. The van der Waals surface area contributed by atoms with E-state index in [-0.39, 0.29) is 5.41 Å². The zero-order chi connectivity index (χ0) is 12.8. The Labute approximate surface area is 110 Å². The van der Waals surface area contributed by atoms with E-state index in [0.717, 1.165) is 13.1 Å². The smallest absolute Gasteiger partial charge is 0.0270 e. The number of nitrogens with zero attached hydrogens (tertiary/aromatic N) is 1. The van der Waals surface area contributed by atoms with Gasteiger partial charge in [0, 0.05) is 36.9 Å². The SMILES string of the molecule is CC(C)(CNCC1CCCCN1)c1ccncc1. The van der Waals surface area contributed by atoms with Crippen molar-refractivity contribution >= 4 is 0 Å². The number of hydrogen-bond acceptors (Lipinski definition) is 3. The van der Waals surface area contributed by atoms with E-state index < -0.39 is 0 Å². The molecule has 0 spiro atoms. The first-order valence-electron chi connectivity index (χ1n) is 7.03. The third-order valence-corrected chi connectivity index (χ3v) is 3.83. The van der Waals surface area contributed by atoms with Crippen LogP contribution < -0.4 is 10.6 Å². The Hall–Kier alpha value is -0.930. The number of pyridine rings is 1. The van der Waals surface area contributed by atoms with Gasteiger partial charge in [0.2, 0.25) is 0 Å². The number of piperidine rings is 1. The summed E-state index contributed by atoms with van der Waals surface area (Å²) in [6.45, 7) is 7.83. The summed E-state index contributed by atoms with van der Waals surface area (Å²) >= 11 is 0. The molecule has 0 radical (unpaired) electrons. The lowest BCUT2D eigenvalue weighted by Gasteiger charge is -2.28. The molecule has 1 aromatic rings. The van der Waals surface area contributed by atoms with Crippen LogP contribution in [0.4, 0.5) is 0 Å². The van der Waals surface area contributed by atoms with E-state index in [1.165, 1.54) is 31.4 Å². The van der Waals surface area contributed by atoms with Crippen molar-refractivity contribution in [2.24, 2.45) is 0 Å². The van der Waals surface area contributed by atoms with Crippen LogP contribution in [0.3, 0.4) is 0 Å². The van der Waals surface area contributed by atoms with Gasteiger partial charge in [-0.1, -0.05) is 20.3 Å². The largest absolute Gasteiger partial charge is 0.314 e. The summed E-state index contributed by atoms with van der Waals surface area (Å²) in [6.07, 6.45) is 7.76. The van der Waals surface area contributed by atoms with E-state index in [4.69, 9.17) is 0 Å². The van der Waals surface area contributed by atoms with E-state index in [1.807, 2.05) is 12.4 Å². The molecule has 1 saturated heterocycles. The van der Waals surface area contributed by atoms with Gasteiger partial charge in [0.05, 0.1) is 0 Å². The van der Waals surface area contributed by atoms with Gasteiger partial charge in [-0.3, -0.25) is 4.98 Å². The highest BCUT2D eigenvalue weighted by Gasteiger charge is 2.20. The van der Waals surface area contributed by atoms with E-state index >= 15 is 0 Å². The number of hydrogen-bond donors (Lipinski definition) is 2. The maximum absolute atomic E-state index is 4.08. The quantitative estimate of drug-likeness (QED) is 0.836. The average Bonchev–Trinajstić information content (AvgIpc) is 2.41. The van der Waals surface area contributed by atoms with Gasteiger partial charge in [-0.15, -0.1) is 0 Å². The molecule has 3 heteroatoms. The van der Waals surface area contributed by atoms with Crippen molar-refractivity contribution in [3.8, 4) is 0 Å². The molecule has 1 aromatic heterocycles. The van der Waals surface area contributed by atoms with Crippen molar-refractivity contribution in [1.29, 1.82) is 0 Å². The first-order valence-corrected chi connectivity index (χ1v) is 7.03. The second kappa shape index (κ2) is 6.30. The lowest BCUT2D eigenvalue weighted by atomic mass is 9.85. The number of aromatic nitrogens is 1. The molecule has 2 rings (SSSR count). The van der Waals surface area contributed by atoms with Gasteiger partial charge < -0.3 is 10.6 Å². The fourth-order valence-electron chi connectivity index (χ4n) is 2.56. The number of rotatable bonds is 5. The van der Waals surface area contributed by atoms with Crippen LogP contribution in [0.1, 0.15) is 38.7 Å². The van der Waals surface area contributed by atoms with E-state index in [0.29, 0.717) is 6.04 Å². The minimum atomic E-state index is 0.164. The molecule has 0 aliphatic carbocycles. The van der Waals surface area contributed by atoms with Crippen molar-refractivity contribution in [1.82, 2.24) is 15.6 Å². The maximum atomic E-state index is 4.08. The molecule has 1 unspecified atom stereocenters. The van der Waals surface area contributed by atoms with Gasteiger partial charge in [-0.25, -0.2) is 0 Å². The van der Waals surface area contributed by atoms with Crippen molar-refractivity contribution < 1.29 is 0 Å². The Kier molecular flexibility index (Phi) is 4.72. The Morgan fingerprint density at radius 3 is 2.78 bits per heavy atom. The Morgan fingerprint density at radius 1 is 1.33 bits per heavy atom. The van der Waals surface area contributed by atoms with Gasteiger partial charge in [0.15, 0.2) is 0 Å². The fourth-order valence-corrected chi connectivity index (χ4v) is 2.56. The predicted octanol–water partition coefficient (Wildman–Crippen LogP) is 2.09. The Morgan fingerprint density at radius 2 is 2.11 bits per heavy atom. The molecule has 0 aromatic carbocycles. The molecule has 2 heterocycles. The molecule has 0 bridgehead atoms. The van der Waals surface area contributed by atoms with Crippen LogP contribution >= 0.6 is 0 Å². The van der Waals surface area contributed by atoms with Crippen molar-refractivity contribution in [2.45, 2.75) is 44.6 Å². The molecule has 1 atom stereocenters. The molecule has 0 saturated carbocycles. The van der Waals surface area contributed by atoms with Crippen LogP contribution in [0.25, 0.3) is 0 Å². The lowest BCUT2D eigenvalue weighted by Crippen LogP contribution is -2.44. The predicted molar refractivity (Wildman–Crippen MR) is 75.8 cm³/mol. The van der Waals surface area contributed by atoms with Gasteiger partial charge in [0.1, 0.15) is 0 Å². The highest BCUT2D eigenvalue weighted by atomic mass is 15.0. The number of nitrogens with one attached hydrogen (secondary N) is 2. The van der Waals surface area contributed by atoms with E-state index in [9.17, 15) is 0 Å². The lowest BCUT2D eigenvalue weighted by molar-refractivity contribution is 0.366. The highest BCUT2D eigenvalue weighted by Crippen LogP contribution is 2.21. The standard InChI is InChI=1S/C15H25N3/c1-15(2,13-6-9-16-10-7-13)12-17-11-14-5-3-4-8-18-14/h6-7,9-10,14,17-18H,3-5,8,11-12H2,1-2H3. The molecule has 2 N–H and O–H groups in total. The zero-order valence-corrected chi connectivity index (χ0v) is 11.6. The topological polar surface area (TPSA) is 37.0 Å². The second-order valence-electron chi connectivity index (χ2n) is 5.90. The third-order valence-electron chi connectivity index (χ3n) is 3.83. The highest BCUT2D eigenvalue weighted by molar-refractivity contribution is 5.20. The summed E-state index contributed by atoms with van der Waals surface area (Å²) in [7, 11) is 0. The van der Waals surface area contributed by atoms with Crippen molar-refractivity contribution in [3.63, 3.8) is 0 Å². The van der Waals surface area contributed by atoms with Gasteiger partial charge in [-0.2, -0.15) is 0 Å². The van der Waals surface area contributed by atoms with Crippen LogP contribution in [0.5, 0.6) is 0 Å². The molecule has 1 aliphatic heterocycles. The molecular formula is C15H25N3. The van der Waals surface area contributed by atoms with Gasteiger partial charge >= 0.3 is 0 Å². The molecule has 100 valence electrons. The molecule has 3 nitrogen and oxygen atoms in total. The molecular weight excluding hydrogens is 222 g/mol. The zero-order valence-electron chi connectivity index (χ0n) is 11.6. The summed E-state index contributed by atoms with van der Waals surface area (Å²) < 4.78 is 0. The monoisotopic (exact) mass is 247 g/mol. The molecule has 1 aliphatic rings. The fraction of sp³-hybridized carbons (Fsp3) is 0.667. The van der Waals surface area contributed by atoms with Crippen LogP contribution in [0.2, 0.25) is 0 Å². The van der Waals surface area contributed by atoms with Crippen molar-refractivity contribution in [3.05, 3.63) is 30.1 Å². The Balaban J connectivity index is 1.78. The minimum absolute atomic E-state index is 0.164. The normalized spacial score (nSPS) is 20.9. The van der Waals surface area contributed by atoms with E-state index in [2.05, 4.69) is 41.6 Å².